The van der Waals surface area contributed by atoms with E-state index in [0.717, 1.165) is 5.56 Å². The normalized spacial score (nSPS) is 17.4. The second-order valence-electron chi connectivity index (χ2n) is 10.3. The lowest BCUT2D eigenvalue weighted by molar-refractivity contribution is -0.0164. The van der Waals surface area contributed by atoms with Crippen molar-refractivity contribution in [2.24, 2.45) is 4.99 Å². The lowest BCUT2D eigenvalue weighted by atomic mass is 10.00. The minimum Gasteiger partial charge on any atom is -0.477 e. The standard InChI is InChI=1S/C33H39N5O8S/c39-32(40)29-6-3-5-28(36-29)31(26-7-9-27(10-8-26)35-24-47)38-14-18-44-22-20-42-16-12-37(13-17-43-21-23-45-19-15-38)25-46-33(41)30-4-1-2-11-34-30/h1-11,31H,12-23,25H2,(H,39,40). The van der Waals surface area contributed by atoms with Gasteiger partial charge in [-0.05, 0) is 54.2 Å². The first-order valence-corrected chi connectivity index (χ1v) is 15.7. The second kappa shape index (κ2) is 20.3. The predicted molar refractivity (Wildman–Crippen MR) is 175 cm³/mol. The molecule has 3 aromatic rings. The summed E-state index contributed by atoms with van der Waals surface area (Å²) in [5, 5.41) is 12.0. The summed E-state index contributed by atoms with van der Waals surface area (Å²) in [5.41, 5.74) is 2.35. The second-order valence-corrected chi connectivity index (χ2v) is 10.5. The van der Waals surface area contributed by atoms with E-state index >= 15 is 0 Å². The molecule has 2 aromatic heterocycles. The van der Waals surface area contributed by atoms with Gasteiger partial charge < -0.3 is 28.8 Å². The number of rotatable bonds is 8. The molecule has 0 bridgehead atoms. The van der Waals surface area contributed by atoms with Gasteiger partial charge in [0.25, 0.3) is 0 Å². The summed E-state index contributed by atoms with van der Waals surface area (Å²) in [4.78, 5) is 40.7. The molecule has 1 aliphatic heterocycles. The zero-order valence-electron chi connectivity index (χ0n) is 26.1. The first-order chi connectivity index (χ1) is 23.0. The van der Waals surface area contributed by atoms with Gasteiger partial charge in [0.2, 0.25) is 0 Å². The molecule has 14 heteroatoms. The predicted octanol–water partition coefficient (Wildman–Crippen LogP) is 3.50. The van der Waals surface area contributed by atoms with Gasteiger partial charge in [-0.25, -0.2) is 19.6 Å². The van der Waals surface area contributed by atoms with Gasteiger partial charge in [0.1, 0.15) is 18.1 Å². The zero-order valence-corrected chi connectivity index (χ0v) is 26.9. The van der Waals surface area contributed by atoms with E-state index in [4.69, 9.17) is 35.9 Å². The molecule has 250 valence electrons. The number of isothiocyanates is 1. The SMILES string of the molecule is O=C(O)c1cccc(C(c2ccc(N=C=S)cc2)N2CCOCCOCCN(COC(=O)c3ccccn3)CCOCCOCC2)n1. The summed E-state index contributed by atoms with van der Waals surface area (Å²) in [5.74, 6) is -1.59. The number of nitrogens with zero attached hydrogens (tertiary/aromatic N) is 5. The molecular formula is C33H39N5O8S. The van der Waals surface area contributed by atoms with E-state index in [9.17, 15) is 14.7 Å². The van der Waals surface area contributed by atoms with Gasteiger partial charge in [0.05, 0.1) is 75.4 Å². The van der Waals surface area contributed by atoms with Gasteiger partial charge in [-0.1, -0.05) is 24.3 Å². The minimum absolute atomic E-state index is 0.0393. The lowest BCUT2D eigenvalue weighted by Crippen LogP contribution is -2.37. The molecule has 0 spiro atoms. The Morgan fingerprint density at radius 3 is 2.02 bits per heavy atom. The van der Waals surface area contributed by atoms with Crippen LogP contribution in [0.5, 0.6) is 0 Å². The van der Waals surface area contributed by atoms with Crippen LogP contribution in [-0.4, -0.2) is 128 Å². The third kappa shape index (κ3) is 12.3. The molecule has 1 N–H and O–H groups in total. The molecule has 4 rings (SSSR count). The van der Waals surface area contributed by atoms with Gasteiger partial charge in [-0.3, -0.25) is 9.80 Å². The summed E-state index contributed by atoms with van der Waals surface area (Å²) < 4.78 is 28.9. The molecule has 1 fully saturated rings. The van der Waals surface area contributed by atoms with Crippen molar-refractivity contribution >= 4 is 35.0 Å². The average Bonchev–Trinajstić information content (AvgIpc) is 3.09. The highest BCUT2D eigenvalue weighted by molar-refractivity contribution is 7.78. The number of aliphatic imine (C=N–C) groups is 1. The maximum absolute atomic E-state index is 12.3. The quantitative estimate of drug-likeness (QED) is 0.213. The van der Waals surface area contributed by atoms with E-state index in [0.29, 0.717) is 90.4 Å². The Hall–Kier alpha value is -3.98. The number of benzene rings is 1. The summed E-state index contributed by atoms with van der Waals surface area (Å²) in [6.45, 7) is 5.30. The van der Waals surface area contributed by atoms with Crippen LogP contribution in [-0.2, 0) is 23.7 Å². The highest BCUT2D eigenvalue weighted by Crippen LogP contribution is 2.29. The fourth-order valence-corrected chi connectivity index (χ4v) is 4.89. The van der Waals surface area contributed by atoms with E-state index < -0.39 is 11.9 Å². The number of carbonyl (C=O) groups excluding carboxylic acids is 1. The Labute approximate surface area is 279 Å². The fraction of sp³-hybridized carbons (Fsp3) is 0.424. The highest BCUT2D eigenvalue weighted by Gasteiger charge is 2.25. The molecule has 1 aromatic carbocycles. The number of carbonyl (C=O) groups is 2. The van der Waals surface area contributed by atoms with Gasteiger partial charge in [0.15, 0.2) is 0 Å². The van der Waals surface area contributed by atoms with Crippen molar-refractivity contribution in [1.29, 1.82) is 0 Å². The molecule has 1 atom stereocenters. The first-order valence-electron chi connectivity index (χ1n) is 15.3. The van der Waals surface area contributed by atoms with Crippen LogP contribution < -0.4 is 0 Å². The minimum atomic E-state index is -1.10. The lowest BCUT2D eigenvalue weighted by Gasteiger charge is -2.32. The molecule has 1 saturated heterocycles. The topological polar surface area (TPSA) is 145 Å². The van der Waals surface area contributed by atoms with Crippen LogP contribution in [0.4, 0.5) is 5.69 Å². The number of hydrogen-bond acceptors (Lipinski definition) is 13. The third-order valence-electron chi connectivity index (χ3n) is 7.16. The van der Waals surface area contributed by atoms with Crippen molar-refractivity contribution in [3.63, 3.8) is 0 Å². The summed E-state index contributed by atoms with van der Waals surface area (Å²) in [6, 6.07) is 17.2. The van der Waals surface area contributed by atoms with E-state index in [1.165, 1.54) is 6.07 Å². The number of esters is 1. The smallest absolute Gasteiger partial charge is 0.358 e. The van der Waals surface area contributed by atoms with Gasteiger partial charge in [0, 0.05) is 32.4 Å². The number of pyridine rings is 2. The van der Waals surface area contributed by atoms with Gasteiger partial charge >= 0.3 is 11.9 Å². The Bertz CT molecular complexity index is 1420. The fourth-order valence-electron chi connectivity index (χ4n) is 4.79. The molecule has 47 heavy (non-hydrogen) atoms. The van der Waals surface area contributed by atoms with Crippen LogP contribution in [0.3, 0.4) is 0 Å². The molecule has 3 heterocycles. The number of aromatic carboxylic acids is 1. The maximum Gasteiger partial charge on any atom is 0.358 e. The van der Waals surface area contributed by atoms with E-state index in [1.54, 1.807) is 30.5 Å². The summed E-state index contributed by atoms with van der Waals surface area (Å²) >= 11 is 4.74. The van der Waals surface area contributed by atoms with Gasteiger partial charge in [-0.2, -0.15) is 4.99 Å². The van der Waals surface area contributed by atoms with E-state index in [1.807, 2.05) is 35.2 Å². The summed E-state index contributed by atoms with van der Waals surface area (Å²) in [7, 11) is 0. The molecule has 0 amide bonds. The summed E-state index contributed by atoms with van der Waals surface area (Å²) in [6.07, 6.45) is 1.55. The van der Waals surface area contributed by atoms with Crippen LogP contribution >= 0.6 is 12.2 Å². The monoisotopic (exact) mass is 665 g/mol. The van der Waals surface area contributed by atoms with Crippen molar-refractivity contribution in [3.05, 3.63) is 89.5 Å². The Morgan fingerprint density at radius 2 is 1.45 bits per heavy atom. The first kappa shape index (κ1) is 35.9. The van der Waals surface area contributed by atoms with Crippen molar-refractivity contribution in [2.45, 2.75) is 6.04 Å². The van der Waals surface area contributed by atoms with E-state index in [-0.39, 0.29) is 24.2 Å². The zero-order chi connectivity index (χ0) is 33.1. The van der Waals surface area contributed by atoms with Gasteiger partial charge in [-0.15, -0.1) is 0 Å². The number of carboxylic acid groups (broad SMARTS) is 1. The molecular weight excluding hydrogens is 626 g/mol. The molecule has 13 nitrogen and oxygen atoms in total. The number of aromatic nitrogens is 2. The Morgan fingerprint density at radius 1 is 0.830 bits per heavy atom. The van der Waals surface area contributed by atoms with Crippen molar-refractivity contribution in [1.82, 2.24) is 19.8 Å². The average molecular weight is 666 g/mol. The maximum atomic E-state index is 12.3. The molecule has 0 aliphatic carbocycles. The van der Waals surface area contributed by atoms with E-state index in [2.05, 4.69) is 25.0 Å². The number of ether oxygens (including phenoxy) is 5. The molecule has 1 unspecified atom stereocenters. The molecule has 0 radical (unpaired) electrons. The largest absolute Gasteiger partial charge is 0.477 e. The third-order valence-corrected chi connectivity index (χ3v) is 7.26. The number of carboxylic acids is 1. The van der Waals surface area contributed by atoms with Crippen LogP contribution in [0.1, 0.15) is 38.3 Å². The Balaban J connectivity index is 1.39. The molecule has 1 aliphatic rings. The number of hydrogen-bond donors (Lipinski definition) is 1. The van der Waals surface area contributed by atoms with Crippen LogP contribution in [0.25, 0.3) is 0 Å². The highest BCUT2D eigenvalue weighted by atomic mass is 32.1. The van der Waals surface area contributed by atoms with Crippen molar-refractivity contribution in [3.8, 4) is 0 Å². The van der Waals surface area contributed by atoms with Crippen molar-refractivity contribution < 1.29 is 38.4 Å². The molecule has 0 saturated carbocycles. The van der Waals surface area contributed by atoms with Crippen LogP contribution in [0, 0.1) is 0 Å². The number of thiocarbonyl (C=S) groups is 1. The Kier molecular flexibility index (Phi) is 15.5. The van der Waals surface area contributed by atoms with Crippen LogP contribution in [0.2, 0.25) is 0 Å². The van der Waals surface area contributed by atoms with Crippen molar-refractivity contribution in [2.75, 3.05) is 85.8 Å². The van der Waals surface area contributed by atoms with Crippen LogP contribution in [0.15, 0.2) is 71.9 Å².